The van der Waals surface area contributed by atoms with E-state index in [-0.39, 0.29) is 11.9 Å². The number of hydrogen-bond acceptors (Lipinski definition) is 4. The number of aromatic nitrogens is 2. The minimum Gasteiger partial charge on any atom is -0.383 e. The Morgan fingerprint density at radius 3 is 2.95 bits per heavy atom. The van der Waals surface area contributed by atoms with Gasteiger partial charge in [-0.15, -0.1) is 0 Å². The van der Waals surface area contributed by atoms with Crippen molar-refractivity contribution in [2.24, 2.45) is 7.05 Å². The molecule has 1 aromatic heterocycles. The predicted octanol–water partition coefficient (Wildman–Crippen LogP) is 1.28. The van der Waals surface area contributed by atoms with Crippen LogP contribution in [0.4, 0.5) is 0 Å². The highest BCUT2D eigenvalue weighted by atomic mass is 35.5. The van der Waals surface area contributed by atoms with Gasteiger partial charge in [-0.3, -0.25) is 14.4 Å². The Morgan fingerprint density at radius 1 is 1.57 bits per heavy atom. The standard InChI is InChI=1S/C14H23ClN4O2/c1-10-13(14(15)18(2)17-10)11-5-4-7-19(11)9-12(20)16-6-8-21-3/h11H,4-9H2,1-3H3,(H,16,20)/t11-/m1/s1. The number of likely N-dealkylation sites (tertiary alicyclic amines) is 1. The van der Waals surface area contributed by atoms with Crippen LogP contribution in [0.2, 0.25) is 5.15 Å². The quantitative estimate of drug-likeness (QED) is 0.804. The third kappa shape index (κ3) is 3.75. The molecule has 1 N–H and O–H groups in total. The maximum atomic E-state index is 12.0. The minimum absolute atomic E-state index is 0.0246. The topological polar surface area (TPSA) is 59.4 Å². The first-order valence-corrected chi connectivity index (χ1v) is 7.61. The van der Waals surface area contributed by atoms with Crippen LogP contribution in [-0.2, 0) is 16.6 Å². The van der Waals surface area contributed by atoms with E-state index >= 15 is 0 Å². The maximum absolute atomic E-state index is 12.0. The van der Waals surface area contributed by atoms with Gasteiger partial charge in [-0.1, -0.05) is 11.6 Å². The molecule has 0 radical (unpaired) electrons. The highest BCUT2D eigenvalue weighted by molar-refractivity contribution is 6.30. The molecule has 1 aromatic rings. The van der Waals surface area contributed by atoms with Crippen LogP contribution in [-0.4, -0.2) is 53.9 Å². The van der Waals surface area contributed by atoms with Crippen molar-refractivity contribution in [2.75, 3.05) is 33.4 Å². The van der Waals surface area contributed by atoms with Crippen LogP contribution in [0.1, 0.15) is 30.1 Å². The molecule has 2 rings (SSSR count). The second-order valence-corrected chi connectivity index (χ2v) is 5.74. The number of amides is 1. The molecular weight excluding hydrogens is 292 g/mol. The lowest BCUT2D eigenvalue weighted by molar-refractivity contribution is -0.122. The Balaban J connectivity index is 2.02. The number of ether oxygens (including phenoxy) is 1. The van der Waals surface area contributed by atoms with E-state index in [2.05, 4.69) is 15.3 Å². The fraction of sp³-hybridized carbons (Fsp3) is 0.714. The number of aryl methyl sites for hydroxylation is 2. The van der Waals surface area contributed by atoms with Crippen LogP contribution in [0.3, 0.4) is 0 Å². The first-order chi connectivity index (χ1) is 10.0. The summed E-state index contributed by atoms with van der Waals surface area (Å²) in [7, 11) is 3.46. The molecule has 21 heavy (non-hydrogen) atoms. The average Bonchev–Trinajstić information content (AvgIpc) is 2.96. The van der Waals surface area contributed by atoms with Gasteiger partial charge in [-0.2, -0.15) is 5.10 Å². The van der Waals surface area contributed by atoms with E-state index in [9.17, 15) is 4.79 Å². The number of nitrogens with zero attached hydrogens (tertiary/aromatic N) is 3. The van der Waals surface area contributed by atoms with Crippen LogP contribution in [0.5, 0.6) is 0 Å². The zero-order valence-electron chi connectivity index (χ0n) is 12.9. The lowest BCUT2D eigenvalue weighted by atomic mass is 10.1. The van der Waals surface area contributed by atoms with Crippen molar-refractivity contribution in [1.82, 2.24) is 20.0 Å². The molecule has 1 aliphatic rings. The Labute approximate surface area is 130 Å². The van der Waals surface area contributed by atoms with E-state index in [1.54, 1.807) is 11.8 Å². The van der Waals surface area contributed by atoms with Gasteiger partial charge in [-0.25, -0.2) is 0 Å². The molecule has 1 amide bonds. The van der Waals surface area contributed by atoms with Crippen molar-refractivity contribution in [1.29, 1.82) is 0 Å². The molecule has 118 valence electrons. The predicted molar refractivity (Wildman–Crippen MR) is 81.4 cm³/mol. The second kappa shape index (κ2) is 7.24. The number of rotatable bonds is 6. The minimum atomic E-state index is 0.0246. The summed E-state index contributed by atoms with van der Waals surface area (Å²) >= 11 is 6.36. The molecule has 1 aliphatic heterocycles. The molecule has 0 unspecified atom stereocenters. The van der Waals surface area contributed by atoms with E-state index in [0.717, 1.165) is 30.6 Å². The Hall–Kier alpha value is -1.11. The fourth-order valence-corrected chi connectivity index (χ4v) is 3.20. The first kappa shape index (κ1) is 16.3. The molecule has 1 saturated heterocycles. The molecule has 0 aromatic carbocycles. The molecule has 2 heterocycles. The zero-order chi connectivity index (χ0) is 15.4. The van der Waals surface area contributed by atoms with Gasteiger partial charge in [0.25, 0.3) is 0 Å². The average molecular weight is 315 g/mol. The van der Waals surface area contributed by atoms with Crippen molar-refractivity contribution in [3.63, 3.8) is 0 Å². The highest BCUT2D eigenvalue weighted by Gasteiger charge is 2.31. The smallest absolute Gasteiger partial charge is 0.234 e. The lowest BCUT2D eigenvalue weighted by Gasteiger charge is -2.24. The molecule has 0 bridgehead atoms. The summed E-state index contributed by atoms with van der Waals surface area (Å²) in [5.74, 6) is 0.0246. The molecule has 0 saturated carbocycles. The van der Waals surface area contributed by atoms with E-state index in [4.69, 9.17) is 16.3 Å². The van der Waals surface area contributed by atoms with E-state index in [0.29, 0.717) is 24.8 Å². The largest absolute Gasteiger partial charge is 0.383 e. The molecule has 7 heteroatoms. The molecule has 6 nitrogen and oxygen atoms in total. The Kier molecular flexibility index (Phi) is 5.61. The SMILES string of the molecule is COCCNC(=O)CN1CCC[C@@H]1c1c(C)nn(C)c1Cl. The third-order valence-electron chi connectivity index (χ3n) is 3.87. The summed E-state index contributed by atoms with van der Waals surface area (Å²) in [4.78, 5) is 14.1. The van der Waals surface area contributed by atoms with Crippen LogP contribution in [0.15, 0.2) is 0 Å². The van der Waals surface area contributed by atoms with Crippen molar-refractivity contribution in [2.45, 2.75) is 25.8 Å². The molecular formula is C14H23ClN4O2. The number of methoxy groups -OCH3 is 1. The molecule has 1 fully saturated rings. The van der Waals surface area contributed by atoms with Gasteiger partial charge in [0, 0.05) is 32.3 Å². The summed E-state index contributed by atoms with van der Waals surface area (Å²) in [6.07, 6.45) is 2.08. The van der Waals surface area contributed by atoms with E-state index in [1.807, 2.05) is 14.0 Å². The van der Waals surface area contributed by atoms with Crippen molar-refractivity contribution < 1.29 is 9.53 Å². The Morgan fingerprint density at radius 2 is 2.33 bits per heavy atom. The van der Waals surface area contributed by atoms with Crippen LogP contribution < -0.4 is 5.32 Å². The van der Waals surface area contributed by atoms with Gasteiger partial charge in [0.05, 0.1) is 18.8 Å². The van der Waals surface area contributed by atoms with Gasteiger partial charge < -0.3 is 10.1 Å². The van der Waals surface area contributed by atoms with Crippen LogP contribution in [0.25, 0.3) is 0 Å². The maximum Gasteiger partial charge on any atom is 0.234 e. The third-order valence-corrected chi connectivity index (χ3v) is 4.32. The normalized spacial score (nSPS) is 19.1. The van der Waals surface area contributed by atoms with Gasteiger partial charge >= 0.3 is 0 Å². The van der Waals surface area contributed by atoms with Gasteiger partial charge in [0.2, 0.25) is 5.91 Å². The molecule has 0 aliphatic carbocycles. The van der Waals surface area contributed by atoms with Gasteiger partial charge in [0.1, 0.15) is 5.15 Å². The summed E-state index contributed by atoms with van der Waals surface area (Å²) < 4.78 is 6.63. The molecule has 1 atom stereocenters. The second-order valence-electron chi connectivity index (χ2n) is 5.38. The highest BCUT2D eigenvalue weighted by Crippen LogP contribution is 2.37. The number of carbonyl (C=O) groups excluding carboxylic acids is 1. The van der Waals surface area contributed by atoms with Crippen molar-refractivity contribution in [3.05, 3.63) is 16.4 Å². The summed E-state index contributed by atoms with van der Waals surface area (Å²) in [5, 5.41) is 7.90. The number of hydrogen-bond donors (Lipinski definition) is 1. The van der Waals surface area contributed by atoms with Crippen LogP contribution >= 0.6 is 11.6 Å². The van der Waals surface area contributed by atoms with Crippen LogP contribution in [0, 0.1) is 6.92 Å². The zero-order valence-corrected chi connectivity index (χ0v) is 13.6. The monoisotopic (exact) mass is 314 g/mol. The Bertz CT molecular complexity index is 503. The van der Waals surface area contributed by atoms with Gasteiger partial charge in [0.15, 0.2) is 0 Å². The lowest BCUT2D eigenvalue weighted by Crippen LogP contribution is -2.38. The van der Waals surface area contributed by atoms with Gasteiger partial charge in [-0.05, 0) is 26.3 Å². The number of nitrogens with one attached hydrogen (secondary N) is 1. The molecule has 0 spiro atoms. The number of carbonyl (C=O) groups is 1. The summed E-state index contributed by atoms with van der Waals surface area (Å²) in [6.45, 7) is 4.34. The number of halogens is 1. The summed E-state index contributed by atoms with van der Waals surface area (Å²) in [6, 6.07) is 0.180. The fourth-order valence-electron chi connectivity index (χ4n) is 2.90. The van der Waals surface area contributed by atoms with E-state index < -0.39 is 0 Å². The van der Waals surface area contributed by atoms with Crippen molar-refractivity contribution in [3.8, 4) is 0 Å². The summed E-state index contributed by atoms with van der Waals surface area (Å²) in [5.41, 5.74) is 2.00. The van der Waals surface area contributed by atoms with E-state index in [1.165, 1.54) is 0 Å². The first-order valence-electron chi connectivity index (χ1n) is 7.23. The van der Waals surface area contributed by atoms with Crippen molar-refractivity contribution >= 4 is 17.5 Å².